The summed E-state index contributed by atoms with van der Waals surface area (Å²) in [6.07, 6.45) is 0. The zero-order chi connectivity index (χ0) is 12.8. The second-order valence-electron chi connectivity index (χ2n) is 3.40. The van der Waals surface area contributed by atoms with Crippen molar-refractivity contribution < 1.29 is 14.3 Å². The Morgan fingerprint density at radius 1 is 1.35 bits per heavy atom. The number of anilines is 1. The third-order valence-corrected chi connectivity index (χ3v) is 2.22. The molecule has 0 aliphatic heterocycles. The van der Waals surface area contributed by atoms with Crippen molar-refractivity contribution in [3.05, 3.63) is 29.8 Å². The molecule has 1 rings (SSSR count). The van der Waals surface area contributed by atoms with Crippen LogP contribution in [0.1, 0.15) is 24.2 Å². The maximum Gasteiger partial charge on any atom is 0.338 e. The van der Waals surface area contributed by atoms with Crippen LogP contribution in [-0.2, 0) is 9.53 Å². The smallest absolute Gasteiger partial charge is 0.338 e. The van der Waals surface area contributed by atoms with Gasteiger partial charge in [-0.1, -0.05) is 0 Å². The van der Waals surface area contributed by atoms with Gasteiger partial charge in [-0.3, -0.25) is 4.79 Å². The Labute approximate surface area is 105 Å². The number of carbonyl (C=O) groups excluding carboxylic acids is 2. The summed E-state index contributed by atoms with van der Waals surface area (Å²) >= 11 is 5.61. The maximum atomic E-state index is 11.4. The normalized spacial score (nSPS) is 11.7. The van der Waals surface area contributed by atoms with Gasteiger partial charge in [-0.25, -0.2) is 4.79 Å². The van der Waals surface area contributed by atoms with E-state index in [1.807, 2.05) is 0 Å². The first kappa shape index (κ1) is 13.5. The summed E-state index contributed by atoms with van der Waals surface area (Å²) in [7, 11) is 0. The van der Waals surface area contributed by atoms with Gasteiger partial charge < -0.3 is 10.1 Å². The number of rotatable bonds is 4. The number of ether oxygens (including phenoxy) is 1. The molecular formula is C12H14ClNO3. The van der Waals surface area contributed by atoms with E-state index in [-0.39, 0.29) is 11.9 Å². The molecule has 0 bridgehead atoms. The number of carbonyl (C=O) groups is 2. The van der Waals surface area contributed by atoms with E-state index in [0.717, 1.165) is 0 Å². The van der Waals surface area contributed by atoms with E-state index in [9.17, 15) is 9.59 Å². The molecule has 5 heteroatoms. The van der Waals surface area contributed by atoms with Crippen molar-refractivity contribution in [2.75, 3.05) is 11.9 Å². The van der Waals surface area contributed by atoms with Crippen molar-refractivity contribution in [1.82, 2.24) is 0 Å². The molecular weight excluding hydrogens is 242 g/mol. The van der Waals surface area contributed by atoms with E-state index >= 15 is 0 Å². The minimum Gasteiger partial charge on any atom is -0.462 e. The van der Waals surface area contributed by atoms with E-state index in [0.29, 0.717) is 17.9 Å². The molecule has 1 N–H and O–H groups in total. The zero-order valence-electron chi connectivity index (χ0n) is 9.70. The lowest BCUT2D eigenvalue weighted by Crippen LogP contribution is -2.20. The van der Waals surface area contributed by atoms with Crippen LogP contribution in [0.25, 0.3) is 0 Å². The van der Waals surface area contributed by atoms with Gasteiger partial charge in [0, 0.05) is 5.69 Å². The third-order valence-electron chi connectivity index (χ3n) is 2.02. The van der Waals surface area contributed by atoms with E-state index in [1.165, 1.54) is 0 Å². The average molecular weight is 256 g/mol. The van der Waals surface area contributed by atoms with Gasteiger partial charge in [-0.2, -0.15) is 0 Å². The van der Waals surface area contributed by atoms with Gasteiger partial charge in [0.2, 0.25) is 5.91 Å². The number of hydrogen-bond donors (Lipinski definition) is 1. The Morgan fingerprint density at radius 3 is 2.41 bits per heavy atom. The molecule has 0 aliphatic carbocycles. The van der Waals surface area contributed by atoms with Crippen LogP contribution in [0.5, 0.6) is 0 Å². The topological polar surface area (TPSA) is 55.4 Å². The van der Waals surface area contributed by atoms with Gasteiger partial charge in [0.05, 0.1) is 12.2 Å². The first-order valence-electron chi connectivity index (χ1n) is 5.26. The first-order chi connectivity index (χ1) is 8.04. The Bertz CT molecular complexity index is 401. The summed E-state index contributed by atoms with van der Waals surface area (Å²) < 4.78 is 4.84. The van der Waals surface area contributed by atoms with E-state index in [2.05, 4.69) is 5.32 Å². The largest absolute Gasteiger partial charge is 0.462 e. The van der Waals surface area contributed by atoms with Gasteiger partial charge in [0.25, 0.3) is 0 Å². The number of esters is 1. The molecule has 4 nitrogen and oxygen atoms in total. The number of alkyl halides is 1. The summed E-state index contributed by atoms with van der Waals surface area (Å²) in [5, 5.41) is 2.02. The van der Waals surface area contributed by atoms with Crippen molar-refractivity contribution in [3.8, 4) is 0 Å². The van der Waals surface area contributed by atoms with E-state index in [4.69, 9.17) is 16.3 Å². The number of halogens is 1. The minimum absolute atomic E-state index is 0.282. The van der Waals surface area contributed by atoms with Gasteiger partial charge in [0.15, 0.2) is 0 Å². The summed E-state index contributed by atoms with van der Waals surface area (Å²) in [6.45, 7) is 3.67. The lowest BCUT2D eigenvalue weighted by molar-refractivity contribution is -0.115. The molecule has 0 spiro atoms. The molecule has 0 fully saturated rings. The second kappa shape index (κ2) is 6.25. The lowest BCUT2D eigenvalue weighted by Gasteiger charge is -2.07. The summed E-state index contributed by atoms with van der Waals surface area (Å²) in [6, 6.07) is 6.44. The number of hydrogen-bond acceptors (Lipinski definition) is 3. The van der Waals surface area contributed by atoms with Crippen LogP contribution in [0.3, 0.4) is 0 Å². The van der Waals surface area contributed by atoms with Crippen molar-refractivity contribution >= 4 is 29.2 Å². The first-order valence-corrected chi connectivity index (χ1v) is 5.70. The number of amides is 1. The van der Waals surface area contributed by atoms with Crippen molar-refractivity contribution in [1.29, 1.82) is 0 Å². The molecule has 17 heavy (non-hydrogen) atoms. The summed E-state index contributed by atoms with van der Waals surface area (Å²) in [5.41, 5.74) is 1.04. The summed E-state index contributed by atoms with van der Waals surface area (Å²) in [4.78, 5) is 22.7. The monoisotopic (exact) mass is 255 g/mol. The van der Waals surface area contributed by atoms with Crippen LogP contribution in [0.2, 0.25) is 0 Å². The van der Waals surface area contributed by atoms with E-state index < -0.39 is 5.38 Å². The third kappa shape index (κ3) is 4.07. The molecule has 0 unspecified atom stereocenters. The fraction of sp³-hybridized carbons (Fsp3) is 0.333. The molecule has 0 heterocycles. The quantitative estimate of drug-likeness (QED) is 0.664. The zero-order valence-corrected chi connectivity index (χ0v) is 10.5. The fourth-order valence-electron chi connectivity index (χ4n) is 1.15. The van der Waals surface area contributed by atoms with Crippen LogP contribution >= 0.6 is 11.6 Å². The fourth-order valence-corrected chi connectivity index (χ4v) is 1.20. The molecule has 0 aliphatic rings. The van der Waals surface area contributed by atoms with Crippen LogP contribution in [-0.4, -0.2) is 23.9 Å². The summed E-state index contributed by atoms with van der Waals surface area (Å²) in [5.74, 6) is -0.661. The Balaban J connectivity index is 2.68. The minimum atomic E-state index is -0.597. The lowest BCUT2D eigenvalue weighted by atomic mass is 10.2. The second-order valence-corrected chi connectivity index (χ2v) is 4.06. The maximum absolute atomic E-state index is 11.4. The standard InChI is InChI=1S/C12H14ClNO3/c1-3-17-12(16)9-4-6-10(7-5-9)14-11(15)8(2)13/h4-8H,3H2,1-2H3,(H,14,15)/t8-/m1/s1. The van der Waals surface area contributed by atoms with Crippen molar-refractivity contribution in [2.24, 2.45) is 0 Å². The molecule has 1 aromatic rings. The predicted octanol–water partition coefficient (Wildman–Crippen LogP) is 2.43. The molecule has 0 saturated carbocycles. The molecule has 0 aromatic heterocycles. The van der Waals surface area contributed by atoms with Crippen LogP contribution < -0.4 is 5.32 Å². The average Bonchev–Trinajstić information content (AvgIpc) is 2.30. The van der Waals surface area contributed by atoms with Gasteiger partial charge in [0.1, 0.15) is 5.38 Å². The van der Waals surface area contributed by atoms with Crippen molar-refractivity contribution in [3.63, 3.8) is 0 Å². The number of nitrogens with one attached hydrogen (secondary N) is 1. The Morgan fingerprint density at radius 2 is 1.94 bits per heavy atom. The number of benzene rings is 1. The molecule has 92 valence electrons. The Kier molecular flexibility index (Phi) is 4.97. The van der Waals surface area contributed by atoms with Gasteiger partial charge >= 0.3 is 5.97 Å². The highest BCUT2D eigenvalue weighted by Gasteiger charge is 2.10. The highest BCUT2D eigenvalue weighted by molar-refractivity contribution is 6.32. The predicted molar refractivity (Wildman–Crippen MR) is 66.3 cm³/mol. The highest BCUT2D eigenvalue weighted by Crippen LogP contribution is 2.11. The molecule has 1 amide bonds. The van der Waals surface area contributed by atoms with Crippen LogP contribution in [0, 0.1) is 0 Å². The molecule has 1 aromatic carbocycles. The van der Waals surface area contributed by atoms with Crippen molar-refractivity contribution in [2.45, 2.75) is 19.2 Å². The highest BCUT2D eigenvalue weighted by atomic mass is 35.5. The van der Waals surface area contributed by atoms with Gasteiger partial charge in [-0.15, -0.1) is 11.6 Å². The molecule has 1 atom stereocenters. The Hall–Kier alpha value is -1.55. The van der Waals surface area contributed by atoms with E-state index in [1.54, 1.807) is 38.1 Å². The molecule has 0 saturated heterocycles. The van der Waals surface area contributed by atoms with Crippen LogP contribution in [0.15, 0.2) is 24.3 Å². The molecule has 0 radical (unpaired) electrons. The van der Waals surface area contributed by atoms with Crippen LogP contribution in [0.4, 0.5) is 5.69 Å². The SMILES string of the molecule is CCOC(=O)c1ccc(NC(=O)[C@@H](C)Cl)cc1. The van der Waals surface area contributed by atoms with Gasteiger partial charge in [-0.05, 0) is 38.1 Å².